The number of hydrogen-bond donors (Lipinski definition) is 1. The van der Waals surface area contributed by atoms with Crippen molar-refractivity contribution in [3.05, 3.63) is 0 Å². The molecule has 1 saturated carbocycles. The van der Waals surface area contributed by atoms with E-state index < -0.39 is 0 Å². The Morgan fingerprint density at radius 2 is 1.76 bits per heavy atom. The molecule has 2 saturated heterocycles. The van der Waals surface area contributed by atoms with Gasteiger partial charge in [0.05, 0.1) is 13.2 Å². The zero-order valence-corrected chi connectivity index (χ0v) is 14.6. The topological polar surface area (TPSA) is 35.1 Å². The number of hydrogen-bond acceptors (Lipinski definition) is 2. The largest absolute Gasteiger partial charge is 1.00 e. The summed E-state index contributed by atoms with van der Waals surface area (Å²) >= 11 is 0. The van der Waals surface area contributed by atoms with Crippen molar-refractivity contribution >= 4 is 0 Å². The Hall–Kier alpha value is 0.170. The first-order valence-corrected chi connectivity index (χ1v) is 8.64. The first kappa shape index (κ1) is 17.5. The first-order valence-electron chi connectivity index (χ1n) is 8.64. The molecule has 0 amide bonds. The molecule has 4 heteroatoms. The number of ether oxygens (including phenoxy) is 2. The molecule has 1 aliphatic carbocycles. The van der Waals surface area contributed by atoms with Crippen molar-refractivity contribution in [2.75, 3.05) is 13.2 Å². The number of piperidine rings is 1. The Kier molecular flexibility index (Phi) is 5.62. The SMILES string of the molecule is CC(C)(C)C1CCC2(CC1)OCC(C1CCCC[NH2+]1)O2.[Cl-]. The number of quaternary nitrogens is 1. The van der Waals surface area contributed by atoms with Crippen molar-refractivity contribution in [1.82, 2.24) is 0 Å². The van der Waals surface area contributed by atoms with E-state index in [-0.39, 0.29) is 18.2 Å². The van der Waals surface area contributed by atoms with Crippen LogP contribution in [0.4, 0.5) is 0 Å². The fourth-order valence-electron chi connectivity index (χ4n) is 4.29. The molecule has 0 bridgehead atoms. The van der Waals surface area contributed by atoms with Crippen LogP contribution < -0.4 is 17.7 Å². The van der Waals surface area contributed by atoms with Gasteiger partial charge in [0.25, 0.3) is 0 Å². The van der Waals surface area contributed by atoms with E-state index in [2.05, 4.69) is 26.1 Å². The van der Waals surface area contributed by atoms with E-state index >= 15 is 0 Å². The van der Waals surface area contributed by atoms with E-state index in [0.29, 0.717) is 17.6 Å². The van der Waals surface area contributed by atoms with Crippen LogP contribution in [-0.4, -0.2) is 31.1 Å². The Morgan fingerprint density at radius 3 is 2.33 bits per heavy atom. The van der Waals surface area contributed by atoms with Gasteiger partial charge in [-0.05, 0) is 37.0 Å². The van der Waals surface area contributed by atoms with Gasteiger partial charge in [0.15, 0.2) is 5.79 Å². The molecule has 3 rings (SSSR count). The summed E-state index contributed by atoms with van der Waals surface area (Å²) in [5.41, 5.74) is 0.427. The van der Waals surface area contributed by atoms with Crippen LogP contribution in [0.25, 0.3) is 0 Å². The van der Waals surface area contributed by atoms with Gasteiger partial charge in [0, 0.05) is 19.3 Å². The van der Waals surface area contributed by atoms with Crippen molar-refractivity contribution in [1.29, 1.82) is 0 Å². The third-order valence-electron chi connectivity index (χ3n) is 5.79. The van der Waals surface area contributed by atoms with Gasteiger partial charge in [-0.1, -0.05) is 20.8 Å². The quantitative estimate of drug-likeness (QED) is 0.705. The van der Waals surface area contributed by atoms with E-state index in [1.807, 2.05) is 0 Å². The second-order valence-electron chi connectivity index (χ2n) is 8.20. The molecule has 1 spiro atoms. The highest BCUT2D eigenvalue weighted by molar-refractivity contribution is 4.90. The third kappa shape index (κ3) is 3.93. The van der Waals surface area contributed by atoms with Crippen molar-refractivity contribution in [3.8, 4) is 0 Å². The Morgan fingerprint density at radius 1 is 1.05 bits per heavy atom. The maximum atomic E-state index is 6.44. The lowest BCUT2D eigenvalue weighted by Gasteiger charge is -2.41. The lowest BCUT2D eigenvalue weighted by Crippen LogP contribution is -3.00. The zero-order chi connectivity index (χ0) is 14.2. The molecule has 3 aliphatic rings. The zero-order valence-electron chi connectivity index (χ0n) is 13.9. The van der Waals surface area contributed by atoms with Crippen LogP contribution in [-0.2, 0) is 9.47 Å². The summed E-state index contributed by atoms with van der Waals surface area (Å²) in [7, 11) is 0. The van der Waals surface area contributed by atoms with Gasteiger partial charge in [-0.15, -0.1) is 0 Å². The van der Waals surface area contributed by atoms with E-state index in [1.165, 1.54) is 38.6 Å². The molecule has 3 fully saturated rings. The van der Waals surface area contributed by atoms with Gasteiger partial charge in [-0.3, -0.25) is 0 Å². The standard InChI is InChI=1S/C17H31NO2.ClH/c1-16(2,3)13-7-9-17(10-8-13)19-12-15(20-17)14-6-4-5-11-18-14;/h13-15,18H,4-12H2,1-3H3;1H. The minimum atomic E-state index is -0.225. The maximum Gasteiger partial charge on any atom is 0.169 e. The van der Waals surface area contributed by atoms with Gasteiger partial charge >= 0.3 is 0 Å². The molecule has 0 radical (unpaired) electrons. The lowest BCUT2D eigenvalue weighted by atomic mass is 9.71. The summed E-state index contributed by atoms with van der Waals surface area (Å²) in [6.45, 7) is 9.19. The van der Waals surface area contributed by atoms with E-state index in [4.69, 9.17) is 9.47 Å². The van der Waals surface area contributed by atoms with Crippen LogP contribution >= 0.6 is 0 Å². The highest BCUT2D eigenvalue weighted by Gasteiger charge is 2.48. The van der Waals surface area contributed by atoms with Crippen molar-refractivity contribution < 1.29 is 27.2 Å². The molecule has 124 valence electrons. The number of rotatable bonds is 1. The second-order valence-corrected chi connectivity index (χ2v) is 8.20. The van der Waals surface area contributed by atoms with Crippen LogP contribution in [0.15, 0.2) is 0 Å². The molecule has 0 aromatic carbocycles. The van der Waals surface area contributed by atoms with Crippen molar-refractivity contribution in [2.45, 2.75) is 83.6 Å². The molecule has 2 atom stereocenters. The van der Waals surface area contributed by atoms with Crippen molar-refractivity contribution in [2.24, 2.45) is 11.3 Å². The second kappa shape index (κ2) is 6.74. The monoisotopic (exact) mass is 317 g/mol. The normalized spacial score (nSPS) is 41.0. The summed E-state index contributed by atoms with van der Waals surface area (Å²) in [4.78, 5) is 0. The third-order valence-corrected chi connectivity index (χ3v) is 5.79. The van der Waals surface area contributed by atoms with Crippen LogP contribution in [0, 0.1) is 11.3 Å². The molecule has 2 heterocycles. The highest BCUT2D eigenvalue weighted by Crippen LogP contribution is 2.45. The van der Waals surface area contributed by atoms with Gasteiger partial charge in [-0.2, -0.15) is 0 Å². The average Bonchev–Trinajstić information content (AvgIpc) is 2.83. The number of nitrogens with two attached hydrogens (primary N) is 1. The Labute approximate surface area is 135 Å². The van der Waals surface area contributed by atoms with Crippen LogP contribution in [0.3, 0.4) is 0 Å². The lowest BCUT2D eigenvalue weighted by molar-refractivity contribution is -0.704. The Bertz CT molecular complexity index is 328. The van der Waals surface area contributed by atoms with Gasteiger partial charge in [0.2, 0.25) is 0 Å². The maximum absolute atomic E-state index is 6.44. The molecule has 2 aliphatic heterocycles. The predicted molar refractivity (Wildman–Crippen MR) is 79.4 cm³/mol. The van der Waals surface area contributed by atoms with E-state index in [9.17, 15) is 0 Å². The molecule has 2 unspecified atom stereocenters. The summed E-state index contributed by atoms with van der Waals surface area (Å²) in [6, 6.07) is 0.642. The molecule has 0 aromatic heterocycles. The summed E-state index contributed by atoms with van der Waals surface area (Å²) < 4.78 is 12.6. The minimum absolute atomic E-state index is 0. The molecule has 21 heavy (non-hydrogen) atoms. The summed E-state index contributed by atoms with van der Waals surface area (Å²) in [5.74, 6) is 0.596. The van der Waals surface area contributed by atoms with Gasteiger partial charge in [0.1, 0.15) is 12.1 Å². The molecule has 3 nitrogen and oxygen atoms in total. The predicted octanol–water partition coefficient (Wildman–Crippen LogP) is -0.546. The van der Waals surface area contributed by atoms with Crippen molar-refractivity contribution in [3.63, 3.8) is 0 Å². The molecule has 0 aromatic rings. The van der Waals surface area contributed by atoms with E-state index in [1.54, 1.807) is 0 Å². The van der Waals surface area contributed by atoms with Gasteiger partial charge in [-0.25, -0.2) is 0 Å². The molecular weight excluding hydrogens is 286 g/mol. The summed E-state index contributed by atoms with van der Waals surface area (Å²) in [5, 5.41) is 2.48. The number of halogens is 1. The fourth-order valence-corrected chi connectivity index (χ4v) is 4.29. The summed E-state index contributed by atoms with van der Waals surface area (Å²) in [6.07, 6.45) is 9.06. The first-order chi connectivity index (χ1) is 9.49. The molecular formula is C17H32ClNO2. The fraction of sp³-hybridized carbons (Fsp3) is 1.00. The van der Waals surface area contributed by atoms with Crippen LogP contribution in [0.1, 0.15) is 65.7 Å². The van der Waals surface area contributed by atoms with Gasteiger partial charge < -0.3 is 27.2 Å². The Balaban J connectivity index is 0.00000161. The highest BCUT2D eigenvalue weighted by atomic mass is 35.5. The molecule has 2 N–H and O–H groups in total. The average molecular weight is 318 g/mol. The van der Waals surface area contributed by atoms with E-state index in [0.717, 1.165) is 25.4 Å². The minimum Gasteiger partial charge on any atom is -1.00 e. The van der Waals surface area contributed by atoms with Crippen LogP contribution in [0.5, 0.6) is 0 Å². The smallest absolute Gasteiger partial charge is 0.169 e. The van der Waals surface area contributed by atoms with Crippen LogP contribution in [0.2, 0.25) is 0 Å².